The number of halogens is 3. The van der Waals surface area contributed by atoms with Gasteiger partial charge in [0.05, 0.1) is 13.0 Å². The third kappa shape index (κ3) is 5.49. The highest BCUT2D eigenvalue weighted by molar-refractivity contribution is 5.76. The molecule has 0 bridgehead atoms. The fourth-order valence-corrected chi connectivity index (χ4v) is 2.88. The number of carbonyl (C=O) groups excluding carboxylic acids is 1. The Kier molecular flexibility index (Phi) is 6.04. The molecular formula is C17H19F3N4O3. The highest BCUT2D eigenvalue weighted by Gasteiger charge is 2.29. The third-order valence-corrected chi connectivity index (χ3v) is 4.26. The molecule has 27 heavy (non-hydrogen) atoms. The first-order chi connectivity index (χ1) is 12.9. The fraction of sp³-hybridized carbons (Fsp3) is 0.529. The topological polar surface area (TPSA) is 81.4 Å². The molecule has 0 unspecified atom stereocenters. The first-order valence-electron chi connectivity index (χ1n) is 8.59. The molecule has 2 aromatic rings. The van der Waals surface area contributed by atoms with E-state index in [0.717, 1.165) is 0 Å². The van der Waals surface area contributed by atoms with E-state index in [1.807, 2.05) is 6.07 Å². The van der Waals surface area contributed by atoms with Gasteiger partial charge in [-0.3, -0.25) is 9.78 Å². The molecule has 1 amide bonds. The maximum absolute atomic E-state index is 12.1. The van der Waals surface area contributed by atoms with Crippen LogP contribution < -0.4 is 0 Å². The molecule has 0 spiro atoms. The van der Waals surface area contributed by atoms with Gasteiger partial charge in [-0.05, 0) is 25.0 Å². The summed E-state index contributed by atoms with van der Waals surface area (Å²) in [4.78, 5) is 22.2. The number of carbonyl (C=O) groups is 1. The Morgan fingerprint density at radius 2 is 2.07 bits per heavy atom. The van der Waals surface area contributed by atoms with Crippen molar-refractivity contribution in [2.24, 2.45) is 0 Å². The zero-order valence-corrected chi connectivity index (χ0v) is 14.5. The second kappa shape index (κ2) is 8.47. The van der Waals surface area contributed by atoms with Crippen LogP contribution in [0.4, 0.5) is 13.2 Å². The lowest BCUT2D eigenvalue weighted by atomic mass is 9.96. The van der Waals surface area contributed by atoms with Crippen molar-refractivity contribution in [2.75, 3.05) is 26.3 Å². The minimum absolute atomic E-state index is 0.0421. The Morgan fingerprint density at radius 1 is 1.30 bits per heavy atom. The summed E-state index contributed by atoms with van der Waals surface area (Å²) < 4.78 is 45.8. The summed E-state index contributed by atoms with van der Waals surface area (Å²) in [5, 5.41) is 3.95. The highest BCUT2D eigenvalue weighted by Crippen LogP contribution is 2.28. The molecular weight excluding hydrogens is 365 g/mol. The van der Waals surface area contributed by atoms with Crippen molar-refractivity contribution < 1.29 is 27.2 Å². The van der Waals surface area contributed by atoms with Gasteiger partial charge in [-0.1, -0.05) is 11.2 Å². The summed E-state index contributed by atoms with van der Waals surface area (Å²) >= 11 is 0. The van der Waals surface area contributed by atoms with Crippen LogP contribution in [-0.4, -0.2) is 58.4 Å². The molecule has 1 aliphatic rings. The standard InChI is InChI=1S/C17H19F3N4O3/c18-17(19,20)11-26-10-6-14(25)24-8-4-12(5-9-24)16-22-15(23-27-16)13-3-1-2-7-21-13/h1-3,7,12H,4-6,8-11H2. The van der Waals surface area contributed by atoms with Gasteiger partial charge in [0.2, 0.25) is 17.6 Å². The lowest BCUT2D eigenvalue weighted by Crippen LogP contribution is -2.38. The third-order valence-electron chi connectivity index (χ3n) is 4.26. The maximum Gasteiger partial charge on any atom is 0.411 e. The number of hydrogen-bond acceptors (Lipinski definition) is 6. The van der Waals surface area contributed by atoms with Crippen LogP contribution in [-0.2, 0) is 9.53 Å². The first-order valence-corrected chi connectivity index (χ1v) is 8.59. The number of piperidine rings is 1. The fourth-order valence-electron chi connectivity index (χ4n) is 2.88. The number of alkyl halides is 3. The molecule has 2 aromatic heterocycles. The van der Waals surface area contributed by atoms with E-state index in [0.29, 0.717) is 43.3 Å². The summed E-state index contributed by atoms with van der Waals surface area (Å²) in [6.45, 7) is -0.596. The number of likely N-dealkylation sites (tertiary alicyclic amines) is 1. The zero-order chi connectivity index (χ0) is 19.3. The number of hydrogen-bond donors (Lipinski definition) is 0. The van der Waals surface area contributed by atoms with E-state index < -0.39 is 12.8 Å². The largest absolute Gasteiger partial charge is 0.411 e. The summed E-state index contributed by atoms with van der Waals surface area (Å²) in [5.41, 5.74) is 0.624. The number of ether oxygens (including phenoxy) is 1. The summed E-state index contributed by atoms with van der Waals surface area (Å²) in [7, 11) is 0. The van der Waals surface area contributed by atoms with E-state index >= 15 is 0 Å². The van der Waals surface area contributed by atoms with Gasteiger partial charge in [0.15, 0.2) is 0 Å². The molecule has 1 saturated heterocycles. The Bertz CT molecular complexity index is 743. The van der Waals surface area contributed by atoms with E-state index in [4.69, 9.17) is 4.52 Å². The summed E-state index contributed by atoms with van der Waals surface area (Å²) in [5.74, 6) is 0.762. The SMILES string of the molecule is O=C(CCOCC(F)(F)F)N1CCC(c2nc(-c3ccccn3)no2)CC1. The minimum Gasteiger partial charge on any atom is -0.372 e. The van der Waals surface area contributed by atoms with E-state index in [1.54, 1.807) is 23.2 Å². The van der Waals surface area contributed by atoms with E-state index in [-0.39, 0.29) is 24.9 Å². The van der Waals surface area contributed by atoms with Crippen molar-refractivity contribution in [2.45, 2.75) is 31.4 Å². The molecule has 0 radical (unpaired) electrons. The Hall–Kier alpha value is -2.49. The molecule has 3 heterocycles. The number of amides is 1. The molecule has 0 aromatic carbocycles. The quantitative estimate of drug-likeness (QED) is 0.713. The van der Waals surface area contributed by atoms with Gasteiger partial charge in [-0.25, -0.2) is 0 Å². The summed E-state index contributed by atoms with van der Waals surface area (Å²) in [6.07, 6.45) is -1.49. The van der Waals surface area contributed by atoms with Gasteiger partial charge >= 0.3 is 6.18 Å². The van der Waals surface area contributed by atoms with Crippen LogP contribution >= 0.6 is 0 Å². The smallest absolute Gasteiger partial charge is 0.372 e. The minimum atomic E-state index is -4.38. The lowest BCUT2D eigenvalue weighted by Gasteiger charge is -2.30. The Morgan fingerprint density at radius 3 is 2.74 bits per heavy atom. The summed E-state index contributed by atoms with van der Waals surface area (Å²) in [6, 6.07) is 5.42. The number of aromatic nitrogens is 3. The molecule has 0 saturated carbocycles. The van der Waals surface area contributed by atoms with Crippen molar-refractivity contribution >= 4 is 5.91 Å². The Labute approximate surface area is 153 Å². The van der Waals surface area contributed by atoms with Crippen LogP contribution in [0.15, 0.2) is 28.9 Å². The van der Waals surface area contributed by atoms with Crippen LogP contribution in [0, 0.1) is 0 Å². The second-order valence-electron chi connectivity index (χ2n) is 6.24. The molecule has 1 fully saturated rings. The van der Waals surface area contributed by atoms with E-state index in [9.17, 15) is 18.0 Å². The second-order valence-corrected chi connectivity index (χ2v) is 6.24. The molecule has 0 aliphatic carbocycles. The van der Waals surface area contributed by atoms with Crippen LogP contribution in [0.5, 0.6) is 0 Å². The molecule has 0 N–H and O–H groups in total. The molecule has 10 heteroatoms. The molecule has 146 valence electrons. The van der Waals surface area contributed by atoms with E-state index in [2.05, 4.69) is 19.9 Å². The predicted molar refractivity (Wildman–Crippen MR) is 87.6 cm³/mol. The van der Waals surface area contributed by atoms with Crippen molar-refractivity contribution in [3.8, 4) is 11.5 Å². The first kappa shape index (κ1) is 19.3. The molecule has 3 rings (SSSR count). The van der Waals surface area contributed by atoms with Crippen LogP contribution in [0.3, 0.4) is 0 Å². The number of pyridine rings is 1. The van der Waals surface area contributed by atoms with Gasteiger partial charge in [0, 0.05) is 25.2 Å². The van der Waals surface area contributed by atoms with E-state index in [1.165, 1.54) is 0 Å². The van der Waals surface area contributed by atoms with Crippen molar-refractivity contribution in [1.29, 1.82) is 0 Å². The normalized spacial score (nSPS) is 15.9. The molecule has 7 nitrogen and oxygen atoms in total. The maximum atomic E-state index is 12.1. The van der Waals surface area contributed by atoms with Crippen LogP contribution in [0.2, 0.25) is 0 Å². The highest BCUT2D eigenvalue weighted by atomic mass is 19.4. The monoisotopic (exact) mass is 384 g/mol. The van der Waals surface area contributed by atoms with Gasteiger partial charge in [-0.15, -0.1) is 0 Å². The average Bonchev–Trinajstić information content (AvgIpc) is 3.15. The average molecular weight is 384 g/mol. The van der Waals surface area contributed by atoms with Gasteiger partial charge < -0.3 is 14.2 Å². The molecule has 0 atom stereocenters. The van der Waals surface area contributed by atoms with Gasteiger partial charge in [0.25, 0.3) is 0 Å². The van der Waals surface area contributed by atoms with Crippen molar-refractivity contribution in [1.82, 2.24) is 20.0 Å². The van der Waals surface area contributed by atoms with Gasteiger partial charge in [-0.2, -0.15) is 18.2 Å². The van der Waals surface area contributed by atoms with Gasteiger partial charge in [0.1, 0.15) is 12.3 Å². The lowest BCUT2D eigenvalue weighted by molar-refractivity contribution is -0.175. The van der Waals surface area contributed by atoms with Crippen molar-refractivity contribution in [3.05, 3.63) is 30.3 Å². The van der Waals surface area contributed by atoms with Crippen LogP contribution in [0.1, 0.15) is 31.1 Å². The Balaban J connectivity index is 1.45. The molecule has 1 aliphatic heterocycles. The van der Waals surface area contributed by atoms with Crippen molar-refractivity contribution in [3.63, 3.8) is 0 Å². The zero-order valence-electron chi connectivity index (χ0n) is 14.5. The number of rotatable bonds is 6. The number of nitrogens with zero attached hydrogens (tertiary/aromatic N) is 4. The predicted octanol–water partition coefficient (Wildman–Crippen LogP) is 2.81. The van der Waals surface area contributed by atoms with Crippen LogP contribution in [0.25, 0.3) is 11.5 Å².